The van der Waals surface area contributed by atoms with E-state index in [1.165, 1.54) is 10.9 Å². The van der Waals surface area contributed by atoms with Crippen LogP contribution in [0.5, 0.6) is 0 Å². The van der Waals surface area contributed by atoms with E-state index in [0.717, 1.165) is 19.5 Å². The summed E-state index contributed by atoms with van der Waals surface area (Å²) in [6, 6.07) is 10.9. The molecule has 1 aliphatic rings. The van der Waals surface area contributed by atoms with Crippen LogP contribution in [0.25, 0.3) is 0 Å². The first-order valence-corrected chi connectivity index (χ1v) is 9.07. The summed E-state index contributed by atoms with van der Waals surface area (Å²) in [6.45, 7) is 3.86. The molecule has 1 saturated heterocycles. The van der Waals surface area contributed by atoms with Gasteiger partial charge in [0.15, 0.2) is 0 Å². The Labute approximate surface area is 114 Å². The Morgan fingerprint density at radius 3 is 2.65 bits per heavy atom. The molecule has 2 nitrogen and oxygen atoms in total. The van der Waals surface area contributed by atoms with Crippen LogP contribution in [0.15, 0.2) is 30.3 Å². The minimum atomic E-state index is 0.0130. The molecule has 1 heterocycles. The summed E-state index contributed by atoms with van der Waals surface area (Å²) >= 11 is 0.0130. The molecule has 1 atom stereocenters. The van der Waals surface area contributed by atoms with Crippen molar-refractivity contribution in [2.24, 2.45) is 5.92 Å². The molecule has 0 bridgehead atoms. The first-order chi connectivity index (χ1) is 8.34. The zero-order valence-electron chi connectivity index (χ0n) is 10.3. The zero-order valence-corrected chi connectivity index (χ0v) is 12.6. The Morgan fingerprint density at radius 2 is 1.94 bits per heavy atom. The van der Waals surface area contributed by atoms with E-state index < -0.39 is 0 Å². The van der Waals surface area contributed by atoms with Crippen molar-refractivity contribution in [3.8, 4) is 0 Å². The average molecular weight is 346 g/mol. The van der Waals surface area contributed by atoms with Gasteiger partial charge in [-0.3, -0.25) is 0 Å². The molecule has 1 fully saturated rings. The van der Waals surface area contributed by atoms with Crippen LogP contribution in [0, 0.1) is 5.92 Å². The monoisotopic (exact) mass is 348 g/mol. The van der Waals surface area contributed by atoms with Crippen LogP contribution in [0.2, 0.25) is 10.8 Å². The second-order valence-corrected chi connectivity index (χ2v) is 7.80. The molecule has 1 aromatic carbocycles. The van der Waals surface area contributed by atoms with Crippen LogP contribution in [0.1, 0.15) is 13.3 Å². The van der Waals surface area contributed by atoms with E-state index in [1.54, 1.807) is 3.61 Å². The van der Waals surface area contributed by atoms with Gasteiger partial charge in [-0.2, -0.15) is 0 Å². The molecule has 17 heavy (non-hydrogen) atoms. The van der Waals surface area contributed by atoms with E-state index in [9.17, 15) is 0 Å². The Kier molecular flexibility index (Phi) is 5.87. The number of benzene rings is 1. The summed E-state index contributed by atoms with van der Waals surface area (Å²) in [6.07, 6.45) is 2.36. The Balaban J connectivity index is 1.61. The standard InChI is InChI=1S/C13H19BO2Te/c1-12(11-14-15-8-9-16-14)7-10-17-13-5-3-2-4-6-13/h2-6,12H,7-11H2,1H3. The summed E-state index contributed by atoms with van der Waals surface area (Å²) in [5.74, 6) is 0.715. The molecule has 0 N–H and O–H groups in total. The van der Waals surface area contributed by atoms with Gasteiger partial charge in [0, 0.05) is 0 Å². The zero-order chi connectivity index (χ0) is 11.9. The van der Waals surface area contributed by atoms with Crippen LogP contribution < -0.4 is 3.61 Å². The van der Waals surface area contributed by atoms with Gasteiger partial charge in [-0.1, -0.05) is 0 Å². The molecule has 0 radical (unpaired) electrons. The first-order valence-electron chi connectivity index (χ1n) is 6.25. The molecule has 92 valence electrons. The van der Waals surface area contributed by atoms with Gasteiger partial charge in [0.1, 0.15) is 0 Å². The Morgan fingerprint density at radius 1 is 1.24 bits per heavy atom. The van der Waals surface area contributed by atoms with Gasteiger partial charge in [-0.15, -0.1) is 0 Å². The topological polar surface area (TPSA) is 18.5 Å². The van der Waals surface area contributed by atoms with E-state index in [2.05, 4.69) is 37.3 Å². The molecule has 0 saturated carbocycles. The molecular weight excluding hydrogens is 327 g/mol. The van der Waals surface area contributed by atoms with Gasteiger partial charge >= 0.3 is 115 Å². The Hall–Kier alpha value is -0.00545. The molecular formula is C13H19BO2Te. The normalized spacial score (nSPS) is 17.4. The molecule has 0 aromatic heterocycles. The predicted molar refractivity (Wildman–Crippen MR) is 72.9 cm³/mol. The maximum atomic E-state index is 5.48. The number of hydrogen-bond acceptors (Lipinski definition) is 2. The van der Waals surface area contributed by atoms with Crippen LogP contribution in [-0.2, 0) is 9.31 Å². The molecule has 1 aliphatic heterocycles. The summed E-state index contributed by atoms with van der Waals surface area (Å²) in [5, 5.41) is 0. The van der Waals surface area contributed by atoms with Gasteiger partial charge in [-0.05, 0) is 0 Å². The van der Waals surface area contributed by atoms with Crippen molar-refractivity contribution in [3.05, 3.63) is 30.3 Å². The van der Waals surface area contributed by atoms with Gasteiger partial charge in [0.05, 0.1) is 0 Å². The van der Waals surface area contributed by atoms with Crippen molar-refractivity contribution < 1.29 is 9.31 Å². The number of hydrogen-bond donors (Lipinski definition) is 0. The van der Waals surface area contributed by atoms with Crippen molar-refractivity contribution in [1.29, 1.82) is 0 Å². The summed E-state index contributed by atoms with van der Waals surface area (Å²) in [4.78, 5) is 0. The van der Waals surface area contributed by atoms with Crippen molar-refractivity contribution in [2.45, 2.75) is 24.1 Å². The minimum absolute atomic E-state index is 0.0130. The van der Waals surface area contributed by atoms with Crippen molar-refractivity contribution >= 4 is 31.7 Å². The van der Waals surface area contributed by atoms with Crippen LogP contribution in [-0.4, -0.2) is 41.3 Å². The third-order valence-corrected chi connectivity index (χ3v) is 5.89. The van der Waals surface area contributed by atoms with Gasteiger partial charge < -0.3 is 0 Å². The van der Waals surface area contributed by atoms with Crippen molar-refractivity contribution in [3.63, 3.8) is 0 Å². The van der Waals surface area contributed by atoms with Gasteiger partial charge in [0.2, 0.25) is 0 Å². The Bertz CT molecular complexity index is 314. The summed E-state index contributed by atoms with van der Waals surface area (Å²) in [7, 11) is 0.0716. The second kappa shape index (κ2) is 7.43. The fourth-order valence-corrected chi connectivity index (χ4v) is 5.04. The molecule has 1 aromatic rings. The molecule has 0 aliphatic carbocycles. The molecule has 0 amide bonds. The third-order valence-electron chi connectivity index (χ3n) is 2.91. The average Bonchev–Trinajstić information content (AvgIpc) is 2.83. The SMILES string of the molecule is CC(CC[Te]c1ccccc1)CB1OCCO1. The summed E-state index contributed by atoms with van der Waals surface area (Å²) in [5.41, 5.74) is 0. The van der Waals surface area contributed by atoms with E-state index in [0.29, 0.717) is 5.92 Å². The van der Waals surface area contributed by atoms with Gasteiger partial charge in [0.25, 0.3) is 0 Å². The predicted octanol–water partition coefficient (Wildman–Crippen LogP) is 2.00. The maximum absolute atomic E-state index is 5.48. The molecule has 4 heteroatoms. The van der Waals surface area contributed by atoms with Crippen LogP contribution in [0.3, 0.4) is 0 Å². The van der Waals surface area contributed by atoms with E-state index in [4.69, 9.17) is 9.31 Å². The van der Waals surface area contributed by atoms with E-state index >= 15 is 0 Å². The number of rotatable bonds is 6. The quantitative estimate of drug-likeness (QED) is 0.734. The summed E-state index contributed by atoms with van der Waals surface area (Å²) < 4.78 is 13.9. The van der Waals surface area contributed by atoms with E-state index in [1.807, 2.05) is 0 Å². The fourth-order valence-electron chi connectivity index (χ4n) is 1.88. The van der Waals surface area contributed by atoms with Crippen LogP contribution in [0.4, 0.5) is 0 Å². The van der Waals surface area contributed by atoms with Gasteiger partial charge in [-0.25, -0.2) is 0 Å². The van der Waals surface area contributed by atoms with Crippen molar-refractivity contribution in [2.75, 3.05) is 13.2 Å². The fraction of sp³-hybridized carbons (Fsp3) is 0.538. The molecule has 1 unspecified atom stereocenters. The van der Waals surface area contributed by atoms with Crippen LogP contribution >= 0.6 is 0 Å². The second-order valence-electron chi connectivity index (χ2n) is 4.46. The first kappa shape index (κ1) is 13.4. The molecule has 0 spiro atoms. The third kappa shape index (κ3) is 5.01. The van der Waals surface area contributed by atoms with Crippen molar-refractivity contribution in [1.82, 2.24) is 0 Å². The molecule has 2 rings (SSSR count). The van der Waals surface area contributed by atoms with E-state index in [-0.39, 0.29) is 28.0 Å².